The lowest BCUT2D eigenvalue weighted by Crippen LogP contribution is -2.38. The van der Waals surface area contributed by atoms with Gasteiger partial charge in [-0.3, -0.25) is 9.10 Å². The summed E-state index contributed by atoms with van der Waals surface area (Å²) in [4.78, 5) is 12.3. The molecule has 2 aromatic rings. The van der Waals surface area contributed by atoms with Gasteiger partial charge >= 0.3 is 0 Å². The molecule has 2 aromatic carbocycles. The quantitative estimate of drug-likeness (QED) is 0.809. The number of sulfonamides is 1. The van der Waals surface area contributed by atoms with Gasteiger partial charge in [0.25, 0.3) is 5.91 Å². The molecule has 3 rings (SSSR count). The second-order valence-electron chi connectivity index (χ2n) is 5.64. The lowest BCUT2D eigenvalue weighted by atomic mass is 10.2. The highest BCUT2D eigenvalue weighted by Gasteiger charge is 2.19. The van der Waals surface area contributed by atoms with Crippen molar-refractivity contribution < 1.29 is 22.7 Å². The molecule has 1 heterocycles. The van der Waals surface area contributed by atoms with E-state index in [2.05, 4.69) is 5.32 Å². The SMILES string of the molecule is CS(=O)(=O)N(CCNC(=O)c1ccc2c(c1)OCO2)c1ccc(Cl)cc1. The maximum atomic E-state index is 12.3. The van der Waals surface area contributed by atoms with Gasteiger partial charge in [-0.2, -0.15) is 0 Å². The Morgan fingerprint density at radius 3 is 2.54 bits per heavy atom. The first-order valence-corrected chi connectivity index (χ1v) is 9.98. The summed E-state index contributed by atoms with van der Waals surface area (Å²) < 4.78 is 35.7. The molecule has 1 aliphatic heterocycles. The number of carbonyl (C=O) groups excluding carboxylic acids is 1. The van der Waals surface area contributed by atoms with Crippen molar-refractivity contribution in [2.45, 2.75) is 0 Å². The Hall–Kier alpha value is -2.45. The van der Waals surface area contributed by atoms with Crippen LogP contribution >= 0.6 is 11.6 Å². The lowest BCUT2D eigenvalue weighted by molar-refractivity contribution is 0.0954. The van der Waals surface area contributed by atoms with Crippen LogP contribution in [0.5, 0.6) is 11.5 Å². The van der Waals surface area contributed by atoms with E-state index in [9.17, 15) is 13.2 Å². The van der Waals surface area contributed by atoms with Crippen LogP contribution < -0.4 is 19.1 Å². The van der Waals surface area contributed by atoms with Crippen LogP contribution in [0, 0.1) is 0 Å². The molecule has 9 heteroatoms. The van der Waals surface area contributed by atoms with Crippen molar-refractivity contribution in [3.8, 4) is 11.5 Å². The second kappa shape index (κ2) is 7.43. The Kier molecular flexibility index (Phi) is 5.24. The minimum atomic E-state index is -3.50. The molecule has 0 unspecified atom stereocenters. The first-order chi connectivity index (χ1) is 12.3. The zero-order chi connectivity index (χ0) is 18.7. The number of anilines is 1. The molecule has 0 aromatic heterocycles. The fourth-order valence-corrected chi connectivity index (χ4v) is 3.56. The molecule has 7 nitrogen and oxygen atoms in total. The van der Waals surface area contributed by atoms with E-state index in [0.29, 0.717) is 27.8 Å². The summed E-state index contributed by atoms with van der Waals surface area (Å²) in [6.45, 7) is 0.366. The van der Waals surface area contributed by atoms with Crippen molar-refractivity contribution in [2.24, 2.45) is 0 Å². The van der Waals surface area contributed by atoms with E-state index in [1.165, 1.54) is 4.31 Å². The first kappa shape index (κ1) is 18.3. The highest BCUT2D eigenvalue weighted by molar-refractivity contribution is 7.92. The van der Waals surface area contributed by atoms with Crippen molar-refractivity contribution in [2.75, 3.05) is 30.4 Å². The maximum Gasteiger partial charge on any atom is 0.251 e. The first-order valence-electron chi connectivity index (χ1n) is 7.76. The molecule has 1 N–H and O–H groups in total. The number of nitrogens with one attached hydrogen (secondary N) is 1. The highest BCUT2D eigenvalue weighted by atomic mass is 35.5. The van der Waals surface area contributed by atoms with Gasteiger partial charge in [0.2, 0.25) is 16.8 Å². The largest absolute Gasteiger partial charge is 0.454 e. The monoisotopic (exact) mass is 396 g/mol. The topological polar surface area (TPSA) is 84.9 Å². The molecule has 1 aliphatic rings. The average Bonchev–Trinajstić information content (AvgIpc) is 3.06. The summed E-state index contributed by atoms with van der Waals surface area (Å²) in [6, 6.07) is 11.3. The number of carbonyl (C=O) groups is 1. The Bertz CT molecular complexity index is 915. The molecule has 0 fully saturated rings. The van der Waals surface area contributed by atoms with E-state index < -0.39 is 10.0 Å². The third-order valence-corrected chi connectivity index (χ3v) is 5.20. The van der Waals surface area contributed by atoms with Gasteiger partial charge in [0, 0.05) is 17.1 Å². The van der Waals surface area contributed by atoms with Gasteiger partial charge in [0.15, 0.2) is 11.5 Å². The van der Waals surface area contributed by atoms with Crippen LogP contribution in [0.2, 0.25) is 5.02 Å². The third-order valence-electron chi connectivity index (χ3n) is 3.75. The van der Waals surface area contributed by atoms with E-state index in [1.54, 1.807) is 42.5 Å². The number of halogens is 1. The van der Waals surface area contributed by atoms with Gasteiger partial charge in [-0.25, -0.2) is 8.42 Å². The minimum Gasteiger partial charge on any atom is -0.454 e. The molecule has 0 spiro atoms. The van der Waals surface area contributed by atoms with E-state index in [1.807, 2.05) is 0 Å². The zero-order valence-corrected chi connectivity index (χ0v) is 15.5. The molecular formula is C17H17ClN2O5S. The van der Waals surface area contributed by atoms with Crippen molar-refractivity contribution >= 4 is 33.2 Å². The predicted molar refractivity (Wildman–Crippen MR) is 98.5 cm³/mol. The third kappa shape index (κ3) is 4.20. The number of hydrogen-bond acceptors (Lipinski definition) is 5. The van der Waals surface area contributed by atoms with Crippen LogP contribution in [0.1, 0.15) is 10.4 Å². The summed E-state index contributed by atoms with van der Waals surface area (Å²) >= 11 is 5.84. The number of amides is 1. The molecule has 1 amide bonds. The van der Waals surface area contributed by atoms with Crippen molar-refractivity contribution in [1.29, 1.82) is 0 Å². The fourth-order valence-electron chi connectivity index (χ4n) is 2.50. The van der Waals surface area contributed by atoms with Crippen molar-refractivity contribution in [3.05, 3.63) is 53.1 Å². The molecular weight excluding hydrogens is 380 g/mol. The van der Waals surface area contributed by atoms with Crippen molar-refractivity contribution in [1.82, 2.24) is 5.32 Å². The van der Waals surface area contributed by atoms with Crippen LogP contribution in [0.15, 0.2) is 42.5 Å². The van der Waals surface area contributed by atoms with Crippen LogP contribution in [-0.4, -0.2) is 40.5 Å². The minimum absolute atomic E-state index is 0.0940. The predicted octanol–water partition coefficient (Wildman–Crippen LogP) is 2.26. The number of fused-ring (bicyclic) bond motifs is 1. The Morgan fingerprint density at radius 2 is 1.85 bits per heavy atom. The lowest BCUT2D eigenvalue weighted by Gasteiger charge is -2.22. The molecule has 0 radical (unpaired) electrons. The fraction of sp³-hybridized carbons (Fsp3) is 0.235. The van der Waals surface area contributed by atoms with Crippen LogP contribution in [0.3, 0.4) is 0 Å². The van der Waals surface area contributed by atoms with Gasteiger partial charge in [-0.1, -0.05) is 11.6 Å². The smallest absolute Gasteiger partial charge is 0.251 e. The standard InChI is InChI=1S/C17H17ClN2O5S/c1-26(22,23)20(14-5-3-13(18)4-6-14)9-8-19-17(21)12-2-7-15-16(10-12)25-11-24-15/h2-7,10H,8-9,11H2,1H3,(H,19,21). The molecule has 0 atom stereocenters. The number of hydrogen-bond donors (Lipinski definition) is 1. The van der Waals surface area contributed by atoms with Crippen LogP contribution in [0.25, 0.3) is 0 Å². The van der Waals surface area contributed by atoms with Gasteiger partial charge < -0.3 is 14.8 Å². The summed E-state index contributed by atoms with van der Waals surface area (Å²) in [6.07, 6.45) is 1.11. The van der Waals surface area contributed by atoms with Crippen LogP contribution in [-0.2, 0) is 10.0 Å². The normalized spacial score (nSPS) is 12.7. The average molecular weight is 397 g/mol. The molecule has 0 bridgehead atoms. The Labute approximate surface area is 156 Å². The number of nitrogens with zero attached hydrogens (tertiary/aromatic N) is 1. The zero-order valence-electron chi connectivity index (χ0n) is 13.9. The van der Waals surface area contributed by atoms with Gasteiger partial charge in [-0.15, -0.1) is 0 Å². The summed E-state index contributed by atoms with van der Waals surface area (Å²) in [5, 5.41) is 3.22. The van der Waals surface area contributed by atoms with Gasteiger partial charge in [0.05, 0.1) is 18.5 Å². The van der Waals surface area contributed by atoms with Crippen LogP contribution in [0.4, 0.5) is 5.69 Å². The summed E-state index contributed by atoms with van der Waals surface area (Å²) in [7, 11) is -3.50. The number of ether oxygens (including phenoxy) is 2. The Morgan fingerprint density at radius 1 is 1.15 bits per heavy atom. The van der Waals surface area contributed by atoms with E-state index in [-0.39, 0.29) is 25.8 Å². The molecule has 26 heavy (non-hydrogen) atoms. The van der Waals surface area contributed by atoms with Gasteiger partial charge in [0.1, 0.15) is 0 Å². The van der Waals surface area contributed by atoms with E-state index in [4.69, 9.17) is 21.1 Å². The molecule has 0 aliphatic carbocycles. The number of rotatable bonds is 6. The van der Waals surface area contributed by atoms with E-state index >= 15 is 0 Å². The molecule has 0 saturated heterocycles. The van der Waals surface area contributed by atoms with Crippen molar-refractivity contribution in [3.63, 3.8) is 0 Å². The highest BCUT2D eigenvalue weighted by Crippen LogP contribution is 2.32. The molecule has 138 valence electrons. The summed E-state index contributed by atoms with van der Waals surface area (Å²) in [5.41, 5.74) is 0.890. The molecule has 0 saturated carbocycles. The summed E-state index contributed by atoms with van der Waals surface area (Å²) in [5.74, 6) is 0.775. The maximum absolute atomic E-state index is 12.3. The van der Waals surface area contributed by atoms with E-state index in [0.717, 1.165) is 6.26 Å². The second-order valence-corrected chi connectivity index (χ2v) is 7.98. The Balaban J connectivity index is 1.64. The van der Waals surface area contributed by atoms with Gasteiger partial charge in [-0.05, 0) is 42.5 Å². The number of benzene rings is 2.